The third-order valence-corrected chi connectivity index (χ3v) is 9.65. The maximum Gasteiger partial charge on any atom is 0.164 e. The van der Waals surface area contributed by atoms with Crippen LogP contribution in [0.1, 0.15) is 0 Å². The van der Waals surface area contributed by atoms with Gasteiger partial charge >= 0.3 is 0 Å². The highest BCUT2D eigenvalue weighted by molar-refractivity contribution is 6.25. The van der Waals surface area contributed by atoms with Crippen molar-refractivity contribution in [2.45, 2.75) is 0 Å². The summed E-state index contributed by atoms with van der Waals surface area (Å²) >= 11 is 0. The van der Waals surface area contributed by atoms with E-state index in [0.29, 0.717) is 17.5 Å². The number of aromatic nitrogens is 5. The number of imidazole rings is 1. The molecule has 2 aromatic heterocycles. The van der Waals surface area contributed by atoms with E-state index in [9.17, 15) is 0 Å². The largest absolute Gasteiger partial charge is 0.292 e. The highest BCUT2D eigenvalue weighted by atomic mass is 15.1. The summed E-state index contributed by atoms with van der Waals surface area (Å²) in [5, 5.41) is 7.29. The topological polar surface area (TPSA) is 56.5 Å². The Morgan fingerprint density at radius 1 is 0.333 bits per heavy atom. The summed E-state index contributed by atoms with van der Waals surface area (Å²) in [6.07, 6.45) is 0. The Morgan fingerprint density at radius 3 is 1.55 bits per heavy atom. The van der Waals surface area contributed by atoms with Crippen LogP contribution in [-0.4, -0.2) is 24.5 Å². The van der Waals surface area contributed by atoms with Crippen LogP contribution in [0.4, 0.5) is 0 Å². The fraction of sp³-hybridized carbons (Fsp3) is 0. The zero-order valence-electron chi connectivity index (χ0n) is 27.5. The van der Waals surface area contributed by atoms with Crippen LogP contribution in [0.5, 0.6) is 0 Å². The van der Waals surface area contributed by atoms with E-state index in [1.54, 1.807) is 0 Å². The van der Waals surface area contributed by atoms with Crippen LogP contribution in [0.15, 0.2) is 176 Å². The molecule has 0 fully saturated rings. The monoisotopic (exact) mass is 651 g/mol. The van der Waals surface area contributed by atoms with Gasteiger partial charge in [-0.3, -0.25) is 4.57 Å². The standard InChI is InChI=1S/C46H29N5/c1-3-15-30(16-4-1)43-48-44(31-27-28-37-35-21-8-7-19-33(35)34-20-9-10-22-36(34)40(37)29-31)50-45(49-43)38-23-11-12-24-39(38)46-47-41-25-13-14-26-42(41)51(46)32-17-5-2-6-18-32/h1-29H. The van der Waals surface area contributed by atoms with Crippen molar-refractivity contribution in [3.63, 3.8) is 0 Å². The molecule has 0 aliphatic rings. The van der Waals surface area contributed by atoms with Gasteiger partial charge in [-0.15, -0.1) is 0 Å². The van der Waals surface area contributed by atoms with E-state index in [0.717, 1.165) is 44.8 Å². The second-order valence-electron chi connectivity index (χ2n) is 12.7. The number of nitrogens with zero attached hydrogens (tertiary/aromatic N) is 5. The first-order valence-electron chi connectivity index (χ1n) is 17.1. The Bertz CT molecular complexity index is 2880. The van der Waals surface area contributed by atoms with Gasteiger partial charge in [-0.05, 0) is 62.6 Å². The fourth-order valence-corrected chi connectivity index (χ4v) is 7.31. The fourth-order valence-electron chi connectivity index (χ4n) is 7.31. The zero-order chi connectivity index (χ0) is 33.7. The minimum atomic E-state index is 0.588. The number of fused-ring (bicyclic) bond motifs is 7. The molecule has 5 heteroatoms. The minimum Gasteiger partial charge on any atom is -0.292 e. The molecule has 2 heterocycles. The first-order chi connectivity index (χ1) is 25.3. The lowest BCUT2D eigenvalue weighted by Gasteiger charge is -2.14. The molecule has 0 amide bonds. The summed E-state index contributed by atoms with van der Waals surface area (Å²) in [4.78, 5) is 20.7. The van der Waals surface area contributed by atoms with Gasteiger partial charge in [0, 0.05) is 27.9 Å². The van der Waals surface area contributed by atoms with Crippen molar-refractivity contribution >= 4 is 43.4 Å². The summed E-state index contributed by atoms with van der Waals surface area (Å²) < 4.78 is 2.22. The molecule has 8 aromatic carbocycles. The van der Waals surface area contributed by atoms with E-state index >= 15 is 0 Å². The predicted molar refractivity (Wildman–Crippen MR) is 209 cm³/mol. The molecular formula is C46H29N5. The Hall–Kier alpha value is -6.98. The van der Waals surface area contributed by atoms with Crippen LogP contribution >= 0.6 is 0 Å². The van der Waals surface area contributed by atoms with E-state index < -0.39 is 0 Å². The molecule has 5 nitrogen and oxygen atoms in total. The third kappa shape index (κ3) is 4.86. The summed E-state index contributed by atoms with van der Waals surface area (Å²) in [7, 11) is 0. The highest BCUT2D eigenvalue weighted by Crippen LogP contribution is 2.38. The maximum atomic E-state index is 5.23. The molecule has 0 unspecified atom stereocenters. The molecule has 0 N–H and O–H groups in total. The molecule has 0 saturated carbocycles. The molecule has 0 aliphatic heterocycles. The normalized spacial score (nSPS) is 11.5. The molecule has 51 heavy (non-hydrogen) atoms. The zero-order valence-corrected chi connectivity index (χ0v) is 27.5. The molecule has 0 saturated heterocycles. The molecule has 0 bridgehead atoms. The average Bonchev–Trinajstić information content (AvgIpc) is 3.61. The van der Waals surface area contributed by atoms with Crippen molar-refractivity contribution in [2.75, 3.05) is 0 Å². The first-order valence-corrected chi connectivity index (χ1v) is 17.1. The quantitative estimate of drug-likeness (QED) is 0.174. The number of benzene rings is 8. The Morgan fingerprint density at radius 2 is 0.843 bits per heavy atom. The van der Waals surface area contributed by atoms with Crippen LogP contribution in [-0.2, 0) is 0 Å². The van der Waals surface area contributed by atoms with Gasteiger partial charge in [-0.1, -0.05) is 146 Å². The summed E-state index contributed by atoms with van der Waals surface area (Å²) in [5.41, 5.74) is 6.65. The first kappa shape index (κ1) is 29.0. The van der Waals surface area contributed by atoms with Crippen LogP contribution in [0.25, 0.3) is 94.6 Å². The Balaban J connectivity index is 1.22. The van der Waals surface area contributed by atoms with Crippen LogP contribution in [0.3, 0.4) is 0 Å². The molecule has 10 rings (SSSR count). The Kier molecular flexibility index (Phi) is 6.74. The van der Waals surface area contributed by atoms with Crippen LogP contribution < -0.4 is 0 Å². The van der Waals surface area contributed by atoms with E-state index in [-0.39, 0.29) is 0 Å². The summed E-state index contributed by atoms with van der Waals surface area (Å²) in [6, 6.07) is 60.9. The second-order valence-corrected chi connectivity index (χ2v) is 12.7. The van der Waals surface area contributed by atoms with E-state index in [4.69, 9.17) is 19.9 Å². The smallest absolute Gasteiger partial charge is 0.164 e. The number of rotatable bonds is 5. The number of hydrogen-bond acceptors (Lipinski definition) is 4. The number of para-hydroxylation sites is 3. The van der Waals surface area contributed by atoms with E-state index in [1.165, 1.54) is 32.3 Å². The van der Waals surface area contributed by atoms with Crippen molar-refractivity contribution in [1.82, 2.24) is 24.5 Å². The van der Waals surface area contributed by atoms with Gasteiger partial charge < -0.3 is 0 Å². The molecule has 238 valence electrons. The lowest BCUT2D eigenvalue weighted by Crippen LogP contribution is -2.03. The predicted octanol–water partition coefficient (Wildman–Crippen LogP) is 11.3. The van der Waals surface area contributed by atoms with Crippen molar-refractivity contribution in [3.8, 4) is 51.2 Å². The maximum absolute atomic E-state index is 5.23. The molecule has 10 aromatic rings. The molecule has 0 atom stereocenters. The lowest BCUT2D eigenvalue weighted by molar-refractivity contribution is 1.07. The van der Waals surface area contributed by atoms with Crippen molar-refractivity contribution in [2.24, 2.45) is 0 Å². The molecule has 0 aliphatic carbocycles. The number of hydrogen-bond donors (Lipinski definition) is 0. The SMILES string of the molecule is c1ccc(-c2nc(-c3ccc4c5ccccc5c5ccccc5c4c3)nc(-c3ccccc3-c3nc4ccccc4n3-c3ccccc3)n2)cc1. The van der Waals surface area contributed by atoms with Crippen molar-refractivity contribution in [3.05, 3.63) is 176 Å². The van der Waals surface area contributed by atoms with Crippen molar-refractivity contribution < 1.29 is 0 Å². The van der Waals surface area contributed by atoms with Crippen LogP contribution in [0, 0.1) is 0 Å². The third-order valence-electron chi connectivity index (χ3n) is 9.65. The van der Waals surface area contributed by atoms with Gasteiger partial charge in [-0.2, -0.15) is 0 Å². The summed E-state index contributed by atoms with van der Waals surface area (Å²) in [5.74, 6) is 2.64. The molecule has 0 radical (unpaired) electrons. The Labute approximate surface area is 294 Å². The van der Waals surface area contributed by atoms with Crippen molar-refractivity contribution in [1.29, 1.82) is 0 Å². The average molecular weight is 652 g/mol. The van der Waals surface area contributed by atoms with Gasteiger partial charge in [0.25, 0.3) is 0 Å². The van der Waals surface area contributed by atoms with Crippen LogP contribution in [0.2, 0.25) is 0 Å². The van der Waals surface area contributed by atoms with Gasteiger partial charge in [0.2, 0.25) is 0 Å². The second kappa shape index (κ2) is 11.9. The van der Waals surface area contributed by atoms with Gasteiger partial charge in [0.15, 0.2) is 17.5 Å². The molecule has 0 spiro atoms. The van der Waals surface area contributed by atoms with Gasteiger partial charge in [0.1, 0.15) is 5.82 Å². The van der Waals surface area contributed by atoms with E-state index in [1.807, 2.05) is 54.6 Å². The lowest BCUT2D eigenvalue weighted by atomic mass is 9.93. The van der Waals surface area contributed by atoms with Gasteiger partial charge in [0.05, 0.1) is 11.0 Å². The minimum absolute atomic E-state index is 0.588. The van der Waals surface area contributed by atoms with E-state index in [2.05, 4.69) is 126 Å². The molecular weight excluding hydrogens is 623 g/mol. The van der Waals surface area contributed by atoms with Gasteiger partial charge in [-0.25, -0.2) is 19.9 Å². The highest BCUT2D eigenvalue weighted by Gasteiger charge is 2.21. The summed E-state index contributed by atoms with van der Waals surface area (Å²) in [6.45, 7) is 0.